The van der Waals surface area contributed by atoms with E-state index in [1.54, 1.807) is 0 Å². The first-order chi connectivity index (χ1) is 15.5. The lowest BCUT2D eigenvalue weighted by Crippen LogP contribution is -2.39. The summed E-state index contributed by atoms with van der Waals surface area (Å²) in [7, 11) is 0. The molecule has 0 saturated carbocycles. The molecule has 0 aliphatic rings. The number of hydrogen-bond donors (Lipinski definition) is 2. The highest BCUT2D eigenvalue weighted by Crippen LogP contribution is 2.19. The normalized spacial score (nSPS) is 10.7. The monoisotopic (exact) mass is 429 g/mol. The van der Waals surface area contributed by atoms with Crippen molar-refractivity contribution in [1.29, 1.82) is 0 Å². The van der Waals surface area contributed by atoms with Gasteiger partial charge >= 0.3 is 0 Å². The number of carbonyl (C=O) groups excluding carboxylic acids is 2. The summed E-state index contributed by atoms with van der Waals surface area (Å²) in [6.07, 6.45) is 1.60. The van der Waals surface area contributed by atoms with Gasteiger partial charge in [0.25, 0.3) is 0 Å². The van der Waals surface area contributed by atoms with Crippen molar-refractivity contribution in [1.82, 2.24) is 4.90 Å². The van der Waals surface area contributed by atoms with Crippen LogP contribution >= 0.6 is 0 Å². The van der Waals surface area contributed by atoms with Crippen LogP contribution in [0.5, 0.6) is 0 Å². The molecular formula is C27H31N3O2. The number of para-hydroxylation sites is 2. The van der Waals surface area contributed by atoms with Crippen molar-refractivity contribution in [2.24, 2.45) is 0 Å². The third-order valence-corrected chi connectivity index (χ3v) is 5.22. The molecule has 0 spiro atoms. The summed E-state index contributed by atoms with van der Waals surface area (Å²) >= 11 is 0. The Morgan fingerprint density at radius 2 is 1.31 bits per heavy atom. The summed E-state index contributed by atoms with van der Waals surface area (Å²) in [6, 6.07) is 25.7. The first kappa shape index (κ1) is 23.2. The highest BCUT2D eigenvalue weighted by molar-refractivity contribution is 5.95. The Morgan fingerprint density at radius 3 is 1.97 bits per heavy atom. The maximum Gasteiger partial charge on any atom is 0.238 e. The largest absolute Gasteiger partial charge is 0.325 e. The van der Waals surface area contributed by atoms with Gasteiger partial charge in [0, 0.05) is 11.4 Å². The van der Waals surface area contributed by atoms with Crippen LogP contribution in [0.15, 0.2) is 78.9 Å². The van der Waals surface area contributed by atoms with E-state index in [4.69, 9.17) is 0 Å². The number of amides is 2. The van der Waals surface area contributed by atoms with Gasteiger partial charge in [-0.05, 0) is 55.1 Å². The van der Waals surface area contributed by atoms with Crippen molar-refractivity contribution >= 4 is 23.2 Å². The molecule has 0 aliphatic heterocycles. The maximum atomic E-state index is 12.8. The van der Waals surface area contributed by atoms with Crippen molar-refractivity contribution in [2.75, 3.05) is 30.3 Å². The van der Waals surface area contributed by atoms with Gasteiger partial charge in [-0.25, -0.2) is 0 Å². The Hall–Kier alpha value is -3.44. The first-order valence-corrected chi connectivity index (χ1v) is 11.0. The van der Waals surface area contributed by atoms with Crippen LogP contribution in [0.4, 0.5) is 11.4 Å². The average molecular weight is 430 g/mol. The Bertz CT molecular complexity index is 1030. The van der Waals surface area contributed by atoms with Gasteiger partial charge in [-0.3, -0.25) is 14.5 Å². The van der Waals surface area contributed by atoms with E-state index in [1.165, 1.54) is 5.56 Å². The number of nitrogens with one attached hydrogen (secondary N) is 2. The molecule has 0 atom stereocenters. The van der Waals surface area contributed by atoms with Gasteiger partial charge in [-0.15, -0.1) is 0 Å². The van der Waals surface area contributed by atoms with Crippen LogP contribution in [-0.4, -0.2) is 36.3 Å². The molecule has 166 valence electrons. The average Bonchev–Trinajstić information content (AvgIpc) is 2.77. The van der Waals surface area contributed by atoms with Gasteiger partial charge in [0.05, 0.1) is 13.1 Å². The number of benzene rings is 3. The minimum atomic E-state index is -0.123. The minimum Gasteiger partial charge on any atom is -0.325 e. The molecule has 32 heavy (non-hydrogen) atoms. The van der Waals surface area contributed by atoms with E-state index in [-0.39, 0.29) is 24.9 Å². The van der Waals surface area contributed by atoms with Crippen LogP contribution in [0.1, 0.15) is 30.0 Å². The second-order valence-corrected chi connectivity index (χ2v) is 7.94. The number of carbonyl (C=O) groups is 2. The molecule has 3 rings (SSSR count). The van der Waals surface area contributed by atoms with Crippen molar-refractivity contribution in [3.8, 4) is 0 Å². The molecule has 2 N–H and O–H groups in total. The molecule has 3 aromatic rings. The van der Waals surface area contributed by atoms with Gasteiger partial charge < -0.3 is 10.6 Å². The quantitative estimate of drug-likeness (QED) is 0.483. The van der Waals surface area contributed by atoms with Crippen LogP contribution in [0.2, 0.25) is 0 Å². The summed E-state index contributed by atoms with van der Waals surface area (Å²) in [5.41, 5.74) is 4.87. The zero-order chi connectivity index (χ0) is 22.8. The van der Waals surface area contributed by atoms with Gasteiger partial charge in [0.15, 0.2) is 0 Å². The van der Waals surface area contributed by atoms with Crippen molar-refractivity contribution in [3.05, 3.63) is 95.6 Å². The molecule has 0 radical (unpaired) electrons. The molecule has 0 bridgehead atoms. The fraction of sp³-hybridized carbons (Fsp3) is 0.259. The Morgan fingerprint density at radius 1 is 0.750 bits per heavy atom. The van der Waals surface area contributed by atoms with Crippen LogP contribution < -0.4 is 10.6 Å². The molecule has 0 unspecified atom stereocenters. The molecule has 0 aliphatic carbocycles. The van der Waals surface area contributed by atoms with E-state index in [0.29, 0.717) is 6.54 Å². The fourth-order valence-electron chi connectivity index (χ4n) is 3.64. The van der Waals surface area contributed by atoms with Crippen LogP contribution in [0.25, 0.3) is 0 Å². The lowest BCUT2D eigenvalue weighted by Gasteiger charge is -2.21. The van der Waals surface area contributed by atoms with E-state index in [9.17, 15) is 9.59 Å². The topological polar surface area (TPSA) is 61.4 Å². The Labute approximate surface area is 190 Å². The van der Waals surface area contributed by atoms with Crippen molar-refractivity contribution < 1.29 is 9.59 Å². The first-order valence-electron chi connectivity index (χ1n) is 11.0. The lowest BCUT2D eigenvalue weighted by atomic mass is 10.0. The predicted molar refractivity (Wildman–Crippen MR) is 131 cm³/mol. The van der Waals surface area contributed by atoms with E-state index < -0.39 is 0 Å². The van der Waals surface area contributed by atoms with E-state index in [0.717, 1.165) is 35.3 Å². The van der Waals surface area contributed by atoms with Gasteiger partial charge in [-0.2, -0.15) is 0 Å². The third-order valence-electron chi connectivity index (χ3n) is 5.22. The van der Waals surface area contributed by atoms with E-state index in [2.05, 4.69) is 22.8 Å². The standard InChI is InChI=1S/C27H31N3O2/c1-3-17-30(19-26(31)28-24-15-9-7-11-21(24)2)20-27(32)29-25-16-10-8-14-23(25)18-22-12-5-4-6-13-22/h4-16H,3,17-20H2,1-2H3,(H,28,31)(H,29,32). The summed E-state index contributed by atoms with van der Waals surface area (Å²) < 4.78 is 0. The Kier molecular flexibility index (Phi) is 8.58. The number of aryl methyl sites for hydroxylation is 1. The molecule has 0 saturated heterocycles. The third kappa shape index (κ3) is 7.06. The van der Waals surface area contributed by atoms with Crippen LogP contribution in [0.3, 0.4) is 0 Å². The zero-order valence-corrected chi connectivity index (χ0v) is 18.8. The molecule has 2 amide bonds. The van der Waals surface area contributed by atoms with Crippen molar-refractivity contribution in [2.45, 2.75) is 26.7 Å². The Balaban J connectivity index is 1.60. The molecule has 0 aromatic heterocycles. The van der Waals surface area contributed by atoms with Gasteiger partial charge in [0.2, 0.25) is 11.8 Å². The second kappa shape index (κ2) is 11.8. The highest BCUT2D eigenvalue weighted by atomic mass is 16.2. The summed E-state index contributed by atoms with van der Waals surface area (Å²) in [6.45, 7) is 5.00. The minimum absolute atomic E-state index is 0.120. The zero-order valence-electron chi connectivity index (χ0n) is 18.8. The van der Waals surface area contributed by atoms with E-state index >= 15 is 0 Å². The fourth-order valence-corrected chi connectivity index (χ4v) is 3.64. The molecule has 3 aromatic carbocycles. The predicted octanol–water partition coefficient (Wildman–Crippen LogP) is 4.88. The number of hydrogen-bond acceptors (Lipinski definition) is 3. The second-order valence-electron chi connectivity index (χ2n) is 7.94. The SMILES string of the molecule is CCCN(CC(=O)Nc1ccccc1C)CC(=O)Nc1ccccc1Cc1ccccc1. The summed E-state index contributed by atoms with van der Waals surface area (Å²) in [4.78, 5) is 27.3. The maximum absolute atomic E-state index is 12.8. The summed E-state index contributed by atoms with van der Waals surface area (Å²) in [5.74, 6) is -0.243. The smallest absolute Gasteiger partial charge is 0.238 e. The molecule has 0 heterocycles. The number of nitrogens with zero attached hydrogens (tertiary/aromatic N) is 1. The van der Waals surface area contributed by atoms with Gasteiger partial charge in [-0.1, -0.05) is 73.7 Å². The van der Waals surface area contributed by atoms with Crippen molar-refractivity contribution in [3.63, 3.8) is 0 Å². The molecular weight excluding hydrogens is 398 g/mol. The van der Waals surface area contributed by atoms with Gasteiger partial charge in [0.1, 0.15) is 0 Å². The molecule has 5 heteroatoms. The number of anilines is 2. The van der Waals surface area contributed by atoms with Crippen LogP contribution in [-0.2, 0) is 16.0 Å². The van der Waals surface area contributed by atoms with Crippen LogP contribution in [0, 0.1) is 6.92 Å². The van der Waals surface area contributed by atoms with E-state index in [1.807, 2.05) is 85.5 Å². The lowest BCUT2D eigenvalue weighted by molar-refractivity contribution is -0.120. The number of rotatable bonds is 10. The molecule has 5 nitrogen and oxygen atoms in total. The molecule has 0 fully saturated rings. The highest BCUT2D eigenvalue weighted by Gasteiger charge is 2.16. The summed E-state index contributed by atoms with van der Waals surface area (Å²) in [5, 5.41) is 5.99.